The Morgan fingerprint density at radius 2 is 2.11 bits per heavy atom. The fraction of sp³-hybridized carbons (Fsp3) is 0.350. The van der Waals surface area contributed by atoms with Crippen LogP contribution in [0, 0.1) is 0 Å². The van der Waals surface area contributed by atoms with Crippen LogP contribution < -0.4 is 15.2 Å². The van der Waals surface area contributed by atoms with Crippen molar-refractivity contribution >= 4 is 11.8 Å². The number of carbonyl (C=O) groups is 2. The minimum Gasteiger partial charge on any atom is -0.497 e. The second-order valence-electron chi connectivity index (χ2n) is 6.49. The first-order valence-corrected chi connectivity index (χ1v) is 8.88. The quantitative estimate of drug-likeness (QED) is 0.838. The summed E-state index contributed by atoms with van der Waals surface area (Å²) in [5.41, 5.74) is 6.33. The molecule has 2 heterocycles. The zero-order valence-corrected chi connectivity index (χ0v) is 15.3. The summed E-state index contributed by atoms with van der Waals surface area (Å²) in [4.78, 5) is 29.6. The third-order valence-electron chi connectivity index (χ3n) is 4.51. The molecule has 27 heavy (non-hydrogen) atoms. The number of benzene rings is 1. The van der Waals surface area contributed by atoms with Gasteiger partial charge in [0.25, 0.3) is 5.91 Å². The summed E-state index contributed by atoms with van der Waals surface area (Å²) >= 11 is 0. The fourth-order valence-electron chi connectivity index (χ4n) is 3.14. The van der Waals surface area contributed by atoms with Gasteiger partial charge in [-0.1, -0.05) is 12.1 Å². The molecule has 2 amide bonds. The van der Waals surface area contributed by atoms with Crippen molar-refractivity contribution in [3.8, 4) is 11.5 Å². The van der Waals surface area contributed by atoms with E-state index in [1.54, 1.807) is 13.2 Å². The Morgan fingerprint density at radius 3 is 2.89 bits per heavy atom. The maximum absolute atomic E-state index is 12.7. The Hall–Kier alpha value is -3.09. The summed E-state index contributed by atoms with van der Waals surface area (Å²) in [7, 11) is 1.61. The van der Waals surface area contributed by atoms with E-state index < -0.39 is 5.91 Å². The van der Waals surface area contributed by atoms with Crippen molar-refractivity contribution in [1.82, 2.24) is 9.88 Å². The van der Waals surface area contributed by atoms with E-state index in [4.69, 9.17) is 15.2 Å². The molecule has 1 aliphatic rings. The number of aromatic nitrogens is 1. The van der Waals surface area contributed by atoms with Crippen LogP contribution >= 0.6 is 0 Å². The van der Waals surface area contributed by atoms with E-state index in [0.717, 1.165) is 24.2 Å². The molecule has 1 atom stereocenters. The number of rotatable bonds is 6. The summed E-state index contributed by atoms with van der Waals surface area (Å²) in [5, 5.41) is 0. The molecule has 0 spiro atoms. The Bertz CT molecular complexity index is 824. The number of primary amides is 1. The number of methoxy groups -OCH3 is 1. The molecule has 2 N–H and O–H groups in total. The van der Waals surface area contributed by atoms with Crippen LogP contribution in [0.5, 0.6) is 11.5 Å². The summed E-state index contributed by atoms with van der Waals surface area (Å²) in [6.45, 7) is 1.22. The molecule has 7 heteroatoms. The Balaban J connectivity index is 1.60. The third-order valence-corrected chi connectivity index (χ3v) is 4.51. The van der Waals surface area contributed by atoms with Crippen molar-refractivity contribution in [2.75, 3.05) is 20.2 Å². The molecular weight excluding hydrogens is 346 g/mol. The summed E-state index contributed by atoms with van der Waals surface area (Å²) in [5.74, 6) is 0.734. The summed E-state index contributed by atoms with van der Waals surface area (Å²) in [6, 6.07) is 10.7. The van der Waals surface area contributed by atoms with Crippen LogP contribution in [0.2, 0.25) is 0 Å². The Morgan fingerprint density at radius 1 is 1.26 bits per heavy atom. The molecule has 2 aromatic rings. The standard InChI is InChI=1S/C20H23N3O4/c1-26-15-5-2-4-14(10-15)11-19(24)23-9-3-6-17(13-23)27-16-7-8-22-18(12-16)20(21)25/h2,4-5,7-8,10,12,17H,3,6,9,11,13H2,1H3,(H2,21,25). The van der Waals surface area contributed by atoms with Gasteiger partial charge in [-0.2, -0.15) is 0 Å². The largest absolute Gasteiger partial charge is 0.497 e. The second kappa shape index (κ2) is 8.53. The number of carbonyl (C=O) groups excluding carboxylic acids is 2. The van der Waals surface area contributed by atoms with Crippen LogP contribution in [0.1, 0.15) is 28.9 Å². The van der Waals surface area contributed by atoms with Crippen molar-refractivity contribution in [1.29, 1.82) is 0 Å². The van der Waals surface area contributed by atoms with E-state index in [9.17, 15) is 9.59 Å². The normalized spacial score (nSPS) is 16.6. The lowest BCUT2D eigenvalue weighted by Gasteiger charge is -2.33. The molecule has 1 unspecified atom stereocenters. The van der Waals surface area contributed by atoms with Gasteiger partial charge in [0.2, 0.25) is 5.91 Å². The number of pyridine rings is 1. The molecule has 3 rings (SSSR count). The molecule has 0 aliphatic carbocycles. The van der Waals surface area contributed by atoms with Crippen molar-refractivity contribution in [3.63, 3.8) is 0 Å². The van der Waals surface area contributed by atoms with Gasteiger partial charge in [0.05, 0.1) is 20.1 Å². The van der Waals surface area contributed by atoms with E-state index in [-0.39, 0.29) is 17.7 Å². The van der Waals surface area contributed by atoms with Gasteiger partial charge in [0, 0.05) is 18.8 Å². The molecule has 0 radical (unpaired) electrons. The monoisotopic (exact) mass is 369 g/mol. The average molecular weight is 369 g/mol. The molecular formula is C20H23N3O4. The fourth-order valence-corrected chi connectivity index (χ4v) is 3.14. The van der Waals surface area contributed by atoms with Crippen LogP contribution in [0.25, 0.3) is 0 Å². The number of hydrogen-bond donors (Lipinski definition) is 1. The number of nitrogens with zero attached hydrogens (tertiary/aromatic N) is 2. The molecule has 1 saturated heterocycles. The number of amides is 2. The predicted octanol–water partition coefficient (Wildman–Crippen LogP) is 1.80. The van der Waals surface area contributed by atoms with Gasteiger partial charge in [-0.15, -0.1) is 0 Å². The van der Waals surface area contributed by atoms with Crippen molar-refractivity contribution in [3.05, 3.63) is 53.9 Å². The molecule has 1 aromatic carbocycles. The minimum atomic E-state index is -0.598. The van der Waals surface area contributed by atoms with Crippen molar-refractivity contribution in [2.24, 2.45) is 5.73 Å². The van der Waals surface area contributed by atoms with Crippen LogP contribution in [0.15, 0.2) is 42.6 Å². The lowest BCUT2D eigenvalue weighted by molar-refractivity contribution is -0.133. The number of nitrogens with two attached hydrogens (primary N) is 1. The van der Waals surface area contributed by atoms with E-state index >= 15 is 0 Å². The number of hydrogen-bond acceptors (Lipinski definition) is 5. The molecule has 0 saturated carbocycles. The molecule has 1 aliphatic heterocycles. The number of ether oxygens (including phenoxy) is 2. The Labute approximate surface area is 158 Å². The van der Waals surface area contributed by atoms with Crippen LogP contribution in [-0.2, 0) is 11.2 Å². The van der Waals surface area contributed by atoms with Crippen LogP contribution in [0.4, 0.5) is 0 Å². The summed E-state index contributed by atoms with van der Waals surface area (Å²) < 4.78 is 11.2. The molecule has 0 bridgehead atoms. The molecule has 142 valence electrons. The van der Waals surface area contributed by atoms with E-state index in [1.807, 2.05) is 29.2 Å². The second-order valence-corrected chi connectivity index (χ2v) is 6.49. The highest BCUT2D eigenvalue weighted by molar-refractivity contribution is 5.91. The van der Waals surface area contributed by atoms with Gasteiger partial charge >= 0.3 is 0 Å². The molecule has 7 nitrogen and oxygen atoms in total. The van der Waals surface area contributed by atoms with E-state index in [0.29, 0.717) is 25.3 Å². The van der Waals surface area contributed by atoms with Gasteiger partial charge < -0.3 is 20.1 Å². The predicted molar refractivity (Wildman–Crippen MR) is 99.7 cm³/mol. The van der Waals surface area contributed by atoms with Gasteiger partial charge in [-0.25, -0.2) is 0 Å². The lowest BCUT2D eigenvalue weighted by Crippen LogP contribution is -2.45. The van der Waals surface area contributed by atoms with Gasteiger partial charge in [0.1, 0.15) is 23.3 Å². The molecule has 1 aromatic heterocycles. The average Bonchev–Trinajstić information content (AvgIpc) is 2.68. The first-order valence-electron chi connectivity index (χ1n) is 8.88. The first-order chi connectivity index (χ1) is 13.0. The zero-order chi connectivity index (χ0) is 19.2. The van der Waals surface area contributed by atoms with Crippen molar-refractivity contribution in [2.45, 2.75) is 25.4 Å². The number of likely N-dealkylation sites (tertiary alicyclic amines) is 1. The van der Waals surface area contributed by atoms with Gasteiger partial charge in [-0.05, 0) is 36.6 Å². The van der Waals surface area contributed by atoms with E-state index in [2.05, 4.69) is 4.98 Å². The number of piperidine rings is 1. The van der Waals surface area contributed by atoms with E-state index in [1.165, 1.54) is 12.3 Å². The maximum Gasteiger partial charge on any atom is 0.267 e. The molecule has 1 fully saturated rings. The van der Waals surface area contributed by atoms with Crippen molar-refractivity contribution < 1.29 is 19.1 Å². The van der Waals surface area contributed by atoms with Gasteiger partial charge in [-0.3, -0.25) is 14.6 Å². The van der Waals surface area contributed by atoms with Crippen LogP contribution in [0.3, 0.4) is 0 Å². The smallest absolute Gasteiger partial charge is 0.267 e. The minimum absolute atomic E-state index is 0.0594. The highest BCUT2D eigenvalue weighted by Gasteiger charge is 2.25. The SMILES string of the molecule is COc1cccc(CC(=O)N2CCCC(Oc3ccnc(C(N)=O)c3)C2)c1. The highest BCUT2D eigenvalue weighted by Crippen LogP contribution is 2.20. The zero-order valence-electron chi connectivity index (χ0n) is 15.3. The maximum atomic E-state index is 12.7. The van der Waals surface area contributed by atoms with Gasteiger partial charge in [0.15, 0.2) is 0 Å². The van der Waals surface area contributed by atoms with Crippen LogP contribution in [-0.4, -0.2) is 48.0 Å². The Kier molecular flexibility index (Phi) is 5.90. The topological polar surface area (TPSA) is 94.8 Å². The highest BCUT2D eigenvalue weighted by atomic mass is 16.5. The third kappa shape index (κ3) is 4.97. The lowest BCUT2D eigenvalue weighted by atomic mass is 10.1. The first kappa shape index (κ1) is 18.7. The summed E-state index contributed by atoms with van der Waals surface area (Å²) in [6.07, 6.45) is 3.39.